The van der Waals surface area contributed by atoms with Crippen molar-refractivity contribution in [2.75, 3.05) is 18.0 Å². The van der Waals surface area contributed by atoms with Crippen LogP contribution in [-0.2, 0) is 6.18 Å². The minimum Gasteiger partial charge on any atom is -0.338 e. The first kappa shape index (κ1) is 16.0. The molecule has 1 fully saturated rings. The van der Waals surface area contributed by atoms with Gasteiger partial charge >= 0.3 is 6.18 Å². The van der Waals surface area contributed by atoms with Crippen LogP contribution >= 0.6 is 0 Å². The van der Waals surface area contributed by atoms with E-state index in [9.17, 15) is 13.2 Å². The van der Waals surface area contributed by atoms with Gasteiger partial charge in [-0.25, -0.2) is 9.97 Å². The minimum absolute atomic E-state index is 0.122. The van der Waals surface area contributed by atoms with E-state index in [0.717, 1.165) is 31.7 Å². The molecule has 0 saturated heterocycles. The van der Waals surface area contributed by atoms with Crippen molar-refractivity contribution >= 4 is 5.95 Å². The third kappa shape index (κ3) is 3.64. The van der Waals surface area contributed by atoms with E-state index in [0.29, 0.717) is 13.1 Å². The third-order valence-corrected chi connectivity index (χ3v) is 4.10. The van der Waals surface area contributed by atoms with E-state index in [4.69, 9.17) is 5.73 Å². The van der Waals surface area contributed by atoms with Gasteiger partial charge in [-0.1, -0.05) is 12.8 Å². The molecular formula is C14H21F3N4. The van der Waals surface area contributed by atoms with Crippen LogP contribution in [0.1, 0.15) is 38.3 Å². The number of nitrogens with zero attached hydrogens (tertiary/aromatic N) is 3. The van der Waals surface area contributed by atoms with Gasteiger partial charge in [0, 0.05) is 18.8 Å². The number of anilines is 1. The summed E-state index contributed by atoms with van der Waals surface area (Å²) in [6.45, 7) is 3.02. The fourth-order valence-corrected chi connectivity index (χ4v) is 3.04. The standard InChI is InChI=1S/C14H21F3N4/c1-2-21(11-6-4-3-5-10(11)9-18)13-19-8-7-12(20-13)14(15,16)17/h7-8,10-11H,2-6,9,18H2,1H3. The zero-order valence-corrected chi connectivity index (χ0v) is 12.1. The smallest absolute Gasteiger partial charge is 0.338 e. The number of hydrogen-bond donors (Lipinski definition) is 1. The van der Waals surface area contributed by atoms with E-state index in [1.165, 1.54) is 6.20 Å². The molecule has 118 valence electrons. The topological polar surface area (TPSA) is 55.0 Å². The van der Waals surface area contributed by atoms with Crippen molar-refractivity contribution in [3.05, 3.63) is 18.0 Å². The first-order valence-corrected chi connectivity index (χ1v) is 7.34. The Morgan fingerprint density at radius 3 is 2.67 bits per heavy atom. The van der Waals surface area contributed by atoms with Gasteiger partial charge in [0.15, 0.2) is 0 Å². The molecule has 0 radical (unpaired) electrons. The van der Waals surface area contributed by atoms with Crippen molar-refractivity contribution in [2.45, 2.75) is 44.8 Å². The number of alkyl halides is 3. The summed E-state index contributed by atoms with van der Waals surface area (Å²) in [5.74, 6) is 0.439. The first-order chi connectivity index (χ1) is 9.97. The second-order valence-corrected chi connectivity index (χ2v) is 5.37. The summed E-state index contributed by atoms with van der Waals surface area (Å²) in [4.78, 5) is 9.62. The Bertz CT molecular complexity index is 464. The average molecular weight is 302 g/mol. The Morgan fingerprint density at radius 1 is 1.33 bits per heavy atom. The van der Waals surface area contributed by atoms with Gasteiger partial charge in [-0.2, -0.15) is 13.2 Å². The highest BCUT2D eigenvalue weighted by atomic mass is 19.4. The molecule has 0 aromatic carbocycles. The Morgan fingerprint density at radius 2 is 2.05 bits per heavy atom. The third-order valence-electron chi connectivity index (χ3n) is 4.10. The molecule has 2 atom stereocenters. The highest BCUT2D eigenvalue weighted by molar-refractivity contribution is 5.33. The van der Waals surface area contributed by atoms with Crippen molar-refractivity contribution in [3.63, 3.8) is 0 Å². The van der Waals surface area contributed by atoms with Crippen LogP contribution in [0.25, 0.3) is 0 Å². The van der Waals surface area contributed by atoms with Gasteiger partial charge in [0.05, 0.1) is 0 Å². The van der Waals surface area contributed by atoms with Gasteiger partial charge in [-0.3, -0.25) is 0 Å². The molecule has 0 aliphatic heterocycles. The number of rotatable bonds is 4. The molecule has 1 aromatic rings. The molecule has 0 spiro atoms. The summed E-state index contributed by atoms with van der Waals surface area (Å²) in [7, 11) is 0. The summed E-state index contributed by atoms with van der Waals surface area (Å²) >= 11 is 0. The molecule has 0 bridgehead atoms. The lowest BCUT2D eigenvalue weighted by atomic mass is 9.83. The first-order valence-electron chi connectivity index (χ1n) is 7.34. The highest BCUT2D eigenvalue weighted by Gasteiger charge is 2.35. The molecule has 7 heteroatoms. The van der Waals surface area contributed by atoms with Crippen molar-refractivity contribution in [2.24, 2.45) is 11.7 Å². The van der Waals surface area contributed by atoms with E-state index in [-0.39, 0.29) is 17.9 Å². The molecule has 1 aliphatic rings. The van der Waals surface area contributed by atoms with Gasteiger partial charge in [-0.05, 0) is 38.3 Å². The quantitative estimate of drug-likeness (QED) is 0.929. The van der Waals surface area contributed by atoms with Crippen LogP contribution in [0.4, 0.5) is 19.1 Å². The minimum atomic E-state index is -4.45. The molecule has 1 aliphatic carbocycles. The highest BCUT2D eigenvalue weighted by Crippen LogP contribution is 2.32. The molecule has 1 heterocycles. The molecule has 2 unspecified atom stereocenters. The molecule has 1 aromatic heterocycles. The Balaban J connectivity index is 2.28. The second-order valence-electron chi connectivity index (χ2n) is 5.37. The maximum Gasteiger partial charge on any atom is 0.433 e. The van der Waals surface area contributed by atoms with Gasteiger partial charge in [-0.15, -0.1) is 0 Å². The number of hydrogen-bond acceptors (Lipinski definition) is 4. The maximum absolute atomic E-state index is 12.8. The van der Waals surface area contributed by atoms with Crippen LogP contribution in [-0.4, -0.2) is 29.1 Å². The van der Waals surface area contributed by atoms with Crippen molar-refractivity contribution < 1.29 is 13.2 Å². The van der Waals surface area contributed by atoms with E-state index in [1.807, 2.05) is 11.8 Å². The molecule has 1 saturated carbocycles. The van der Waals surface area contributed by atoms with Crippen LogP contribution in [0.15, 0.2) is 12.3 Å². The van der Waals surface area contributed by atoms with E-state index in [2.05, 4.69) is 9.97 Å². The normalized spacial score (nSPS) is 23.1. The lowest BCUT2D eigenvalue weighted by Crippen LogP contribution is -2.46. The summed E-state index contributed by atoms with van der Waals surface area (Å²) in [6.07, 6.45) is 0.854. The zero-order valence-electron chi connectivity index (χ0n) is 12.1. The van der Waals surface area contributed by atoms with Crippen LogP contribution in [0.3, 0.4) is 0 Å². The largest absolute Gasteiger partial charge is 0.433 e. The lowest BCUT2D eigenvalue weighted by Gasteiger charge is -2.39. The van der Waals surface area contributed by atoms with E-state index < -0.39 is 11.9 Å². The summed E-state index contributed by atoms with van der Waals surface area (Å²) in [5, 5.41) is 0. The predicted molar refractivity (Wildman–Crippen MR) is 74.9 cm³/mol. The van der Waals surface area contributed by atoms with Crippen molar-refractivity contribution in [3.8, 4) is 0 Å². The number of nitrogens with two attached hydrogens (primary N) is 1. The molecule has 2 rings (SSSR count). The summed E-state index contributed by atoms with van der Waals surface area (Å²) in [6, 6.07) is 1.02. The van der Waals surface area contributed by atoms with Crippen LogP contribution < -0.4 is 10.6 Å². The van der Waals surface area contributed by atoms with Gasteiger partial charge in [0.1, 0.15) is 5.69 Å². The maximum atomic E-state index is 12.8. The molecule has 4 nitrogen and oxygen atoms in total. The van der Waals surface area contributed by atoms with Gasteiger partial charge in [0.25, 0.3) is 0 Å². The van der Waals surface area contributed by atoms with E-state index >= 15 is 0 Å². The Labute approximate surface area is 122 Å². The summed E-state index contributed by atoms with van der Waals surface area (Å²) in [5.41, 5.74) is 4.92. The molecule has 21 heavy (non-hydrogen) atoms. The predicted octanol–water partition coefficient (Wildman–Crippen LogP) is 2.84. The van der Waals surface area contributed by atoms with Crippen LogP contribution in [0.5, 0.6) is 0 Å². The Kier molecular flexibility index (Phi) is 5.03. The van der Waals surface area contributed by atoms with Crippen LogP contribution in [0.2, 0.25) is 0 Å². The van der Waals surface area contributed by atoms with E-state index in [1.54, 1.807) is 0 Å². The fraction of sp³-hybridized carbons (Fsp3) is 0.714. The second kappa shape index (κ2) is 6.60. The lowest BCUT2D eigenvalue weighted by molar-refractivity contribution is -0.141. The zero-order chi connectivity index (χ0) is 15.5. The van der Waals surface area contributed by atoms with Gasteiger partial charge in [0.2, 0.25) is 5.95 Å². The summed E-state index contributed by atoms with van der Waals surface area (Å²) < 4.78 is 38.4. The van der Waals surface area contributed by atoms with Crippen LogP contribution in [0, 0.1) is 5.92 Å². The molecular weight excluding hydrogens is 281 g/mol. The Hall–Kier alpha value is -1.37. The van der Waals surface area contributed by atoms with Crippen molar-refractivity contribution in [1.82, 2.24) is 9.97 Å². The SMILES string of the molecule is CCN(c1nccc(C(F)(F)F)n1)C1CCCCC1CN. The molecule has 2 N–H and O–H groups in total. The monoisotopic (exact) mass is 302 g/mol. The molecule has 0 amide bonds. The average Bonchev–Trinajstić information content (AvgIpc) is 2.48. The van der Waals surface area contributed by atoms with Crippen molar-refractivity contribution in [1.29, 1.82) is 0 Å². The number of aromatic nitrogens is 2. The fourth-order valence-electron chi connectivity index (χ4n) is 3.04. The number of halogens is 3. The van der Waals surface area contributed by atoms with Gasteiger partial charge < -0.3 is 10.6 Å².